The first-order chi connectivity index (χ1) is 25.7. The molecule has 13 heteroatoms. The smallest absolute Gasteiger partial charge is 0.254 e. The van der Waals surface area contributed by atoms with Crippen molar-refractivity contribution in [1.29, 1.82) is 0 Å². The van der Waals surface area contributed by atoms with Crippen LogP contribution in [0.1, 0.15) is 63.9 Å². The van der Waals surface area contributed by atoms with Crippen molar-refractivity contribution in [3.8, 4) is 22.8 Å². The van der Waals surface area contributed by atoms with Gasteiger partial charge in [0.1, 0.15) is 18.0 Å². The molecule has 2 N–H and O–H groups in total. The number of ether oxygens (including phenoxy) is 2. The Morgan fingerprint density at radius 3 is 2.64 bits per heavy atom. The summed E-state index contributed by atoms with van der Waals surface area (Å²) in [5, 5.41) is 12.8. The van der Waals surface area contributed by atoms with Crippen LogP contribution >= 0.6 is 0 Å². The van der Waals surface area contributed by atoms with Gasteiger partial charge in [0.05, 0.1) is 31.1 Å². The number of hydrogen-bond acceptors (Lipinski definition) is 10. The third kappa shape index (κ3) is 8.31. The Labute approximate surface area is 309 Å². The van der Waals surface area contributed by atoms with Gasteiger partial charge < -0.3 is 34.6 Å². The maximum atomic E-state index is 14.2. The molecule has 0 spiro atoms. The van der Waals surface area contributed by atoms with E-state index in [0.717, 1.165) is 41.1 Å². The van der Waals surface area contributed by atoms with Crippen LogP contribution in [0.2, 0.25) is 0 Å². The molecule has 0 unspecified atom stereocenters. The van der Waals surface area contributed by atoms with Gasteiger partial charge in [0.2, 0.25) is 11.9 Å². The van der Waals surface area contributed by atoms with Crippen molar-refractivity contribution in [1.82, 2.24) is 30.1 Å². The monoisotopic (exact) mass is 719 g/mol. The molecule has 2 aliphatic heterocycles. The molecule has 0 radical (unpaired) electrons. The van der Waals surface area contributed by atoms with Crippen LogP contribution in [-0.2, 0) is 16.1 Å². The number of carbonyl (C=O) groups excluding carboxylic acids is 3. The number of benzene rings is 2. The molecule has 2 atom stereocenters. The molecule has 4 heterocycles. The fourth-order valence-electron chi connectivity index (χ4n) is 7.03. The standard InChI is InChI=1S/C40H45N7O6/c1-4-45(16-17-48)38(50)28-19-29-21-32(20-28)53-31-7-5-6-27(18-31)24-52-36-13-15-46(22-35(36)43-37(49)23-47(39(29)51)30-9-10-30)40-41-14-12-34(44-40)33-11-8-25(2)42-26(33)3/h5-8,11-12,14,18-21,30,35-36,48H,4,9-10,13,15-17,22-24H2,1-3H3,(H,43,49)/t35-,36+/m1/s1. The first-order valence-corrected chi connectivity index (χ1v) is 18.3. The molecule has 3 amide bonds. The second-order valence-electron chi connectivity index (χ2n) is 13.9. The molecule has 1 aliphatic carbocycles. The molecule has 1 saturated heterocycles. The molecule has 7 rings (SSSR count). The zero-order valence-electron chi connectivity index (χ0n) is 30.3. The van der Waals surface area contributed by atoms with Gasteiger partial charge in [0, 0.05) is 66.5 Å². The summed E-state index contributed by atoms with van der Waals surface area (Å²) in [5.74, 6) is 0.391. The van der Waals surface area contributed by atoms with E-state index in [-0.39, 0.29) is 67.3 Å². The second-order valence-corrected chi connectivity index (χ2v) is 13.9. The van der Waals surface area contributed by atoms with Crippen molar-refractivity contribution in [3.63, 3.8) is 0 Å². The SMILES string of the molecule is CCN(CCO)C(=O)c1cc2cc(c1)C(=O)N(C1CC1)CC(=O)N[C@@H]1CN(c3nccc(-c4ccc(C)nc4C)n3)CC[C@@H]1OCc1cccc(c1)O2. The largest absolute Gasteiger partial charge is 0.457 e. The van der Waals surface area contributed by atoms with Gasteiger partial charge in [-0.2, -0.15) is 0 Å². The van der Waals surface area contributed by atoms with E-state index in [1.54, 1.807) is 29.3 Å². The van der Waals surface area contributed by atoms with E-state index < -0.39 is 6.04 Å². The predicted molar refractivity (Wildman–Crippen MR) is 198 cm³/mol. The van der Waals surface area contributed by atoms with Crippen LogP contribution in [0.5, 0.6) is 11.5 Å². The van der Waals surface area contributed by atoms with Gasteiger partial charge in [-0.05, 0) is 94.1 Å². The number of aliphatic hydroxyl groups is 1. The lowest BCUT2D eigenvalue weighted by Crippen LogP contribution is -2.58. The lowest BCUT2D eigenvalue weighted by Gasteiger charge is -2.39. The summed E-state index contributed by atoms with van der Waals surface area (Å²) in [4.78, 5) is 60.9. The average molecular weight is 720 g/mol. The minimum atomic E-state index is -0.422. The van der Waals surface area contributed by atoms with Crippen molar-refractivity contribution in [2.45, 2.75) is 64.8 Å². The number of nitrogens with zero attached hydrogens (tertiary/aromatic N) is 6. The first kappa shape index (κ1) is 36.0. The number of carbonyl (C=O) groups is 3. The summed E-state index contributed by atoms with van der Waals surface area (Å²) in [7, 11) is 0. The number of aryl methyl sites for hydroxylation is 2. The highest BCUT2D eigenvalue weighted by Crippen LogP contribution is 2.32. The summed E-state index contributed by atoms with van der Waals surface area (Å²) >= 11 is 0. The van der Waals surface area contributed by atoms with Gasteiger partial charge in [-0.3, -0.25) is 19.4 Å². The summed E-state index contributed by atoms with van der Waals surface area (Å²) in [5.41, 5.74) is 4.89. The van der Waals surface area contributed by atoms with Crippen LogP contribution < -0.4 is 15.0 Å². The minimum Gasteiger partial charge on any atom is -0.457 e. The zero-order chi connectivity index (χ0) is 37.1. The minimum absolute atomic E-state index is 0.0974. The van der Waals surface area contributed by atoms with Crippen LogP contribution in [0.15, 0.2) is 66.9 Å². The predicted octanol–water partition coefficient (Wildman–Crippen LogP) is 4.30. The van der Waals surface area contributed by atoms with Crippen LogP contribution in [0.4, 0.5) is 5.95 Å². The molecule has 13 nitrogen and oxygen atoms in total. The molecule has 2 aromatic heterocycles. The van der Waals surface area contributed by atoms with Gasteiger partial charge in [0.25, 0.3) is 11.8 Å². The number of piperidine rings is 1. The van der Waals surface area contributed by atoms with Gasteiger partial charge in [0.15, 0.2) is 0 Å². The van der Waals surface area contributed by atoms with Crippen LogP contribution in [-0.4, -0.2) is 105 Å². The third-order valence-corrected chi connectivity index (χ3v) is 9.92. The van der Waals surface area contributed by atoms with Crippen LogP contribution in [0.25, 0.3) is 11.3 Å². The fourth-order valence-corrected chi connectivity index (χ4v) is 7.03. The Hall–Kier alpha value is -5.40. The fraction of sp³-hybridized carbons (Fsp3) is 0.400. The number of aliphatic hydroxyl groups excluding tert-OH is 1. The van der Waals surface area contributed by atoms with Crippen LogP contribution in [0.3, 0.4) is 0 Å². The van der Waals surface area contributed by atoms with Gasteiger partial charge in [-0.1, -0.05) is 12.1 Å². The molecule has 1 saturated carbocycles. The quantitative estimate of drug-likeness (QED) is 0.283. The van der Waals surface area contributed by atoms with Gasteiger partial charge >= 0.3 is 0 Å². The van der Waals surface area contributed by atoms with E-state index in [9.17, 15) is 19.5 Å². The van der Waals surface area contributed by atoms with Crippen molar-refractivity contribution >= 4 is 23.7 Å². The number of pyridine rings is 1. The number of likely N-dealkylation sites (N-methyl/N-ethyl adjacent to an activating group) is 1. The molecule has 53 heavy (non-hydrogen) atoms. The number of nitrogens with one attached hydrogen (secondary N) is 1. The van der Waals surface area contributed by atoms with Crippen molar-refractivity contribution < 1.29 is 29.0 Å². The van der Waals surface area contributed by atoms with Crippen molar-refractivity contribution in [3.05, 3.63) is 94.9 Å². The summed E-state index contributed by atoms with van der Waals surface area (Å²) in [6.45, 7) is 7.24. The van der Waals surface area contributed by atoms with E-state index in [4.69, 9.17) is 14.5 Å². The topological polar surface area (TPSA) is 150 Å². The lowest BCUT2D eigenvalue weighted by molar-refractivity contribution is -0.124. The van der Waals surface area contributed by atoms with Gasteiger partial charge in [-0.15, -0.1) is 0 Å². The lowest BCUT2D eigenvalue weighted by atomic mass is 10.0. The molecular formula is C40H45N7O6. The Morgan fingerprint density at radius 1 is 1.02 bits per heavy atom. The first-order valence-electron chi connectivity index (χ1n) is 18.3. The van der Waals surface area contributed by atoms with E-state index >= 15 is 0 Å². The number of amides is 3. The van der Waals surface area contributed by atoms with Gasteiger partial charge in [-0.25, -0.2) is 9.97 Å². The summed E-state index contributed by atoms with van der Waals surface area (Å²) < 4.78 is 12.8. The Balaban J connectivity index is 1.19. The van der Waals surface area contributed by atoms with E-state index in [2.05, 4.69) is 20.2 Å². The molecule has 276 valence electrons. The molecule has 4 aromatic rings. The van der Waals surface area contributed by atoms with E-state index in [0.29, 0.717) is 43.5 Å². The Bertz CT molecular complexity index is 2000. The molecular weight excluding hydrogens is 674 g/mol. The van der Waals surface area contributed by atoms with Crippen LogP contribution in [0, 0.1) is 13.8 Å². The number of anilines is 1. The van der Waals surface area contributed by atoms with E-state index in [1.165, 1.54) is 4.90 Å². The van der Waals surface area contributed by atoms with Crippen molar-refractivity contribution in [2.24, 2.45) is 0 Å². The third-order valence-electron chi connectivity index (χ3n) is 9.92. The number of aromatic nitrogens is 3. The number of hydrogen-bond donors (Lipinski definition) is 2. The number of fused-ring (bicyclic) bond motifs is 5. The van der Waals surface area contributed by atoms with Crippen molar-refractivity contribution in [2.75, 3.05) is 44.2 Å². The molecule has 2 aromatic carbocycles. The summed E-state index contributed by atoms with van der Waals surface area (Å²) in [6.07, 6.45) is 3.59. The normalized spacial score (nSPS) is 19.2. The average Bonchev–Trinajstić information content (AvgIpc) is 4.00. The highest BCUT2D eigenvalue weighted by Gasteiger charge is 2.37. The molecule has 4 bridgehead atoms. The Kier molecular flexibility index (Phi) is 10.6. The number of rotatable bonds is 7. The highest BCUT2D eigenvalue weighted by molar-refractivity contribution is 6.01. The highest BCUT2D eigenvalue weighted by atomic mass is 16.5. The van der Waals surface area contributed by atoms with E-state index in [1.807, 2.05) is 63.2 Å². The summed E-state index contributed by atoms with van der Waals surface area (Å²) in [6, 6.07) is 17.6. The maximum absolute atomic E-state index is 14.2. The second kappa shape index (κ2) is 15.7. The molecule has 2 fully saturated rings. The zero-order valence-corrected chi connectivity index (χ0v) is 30.3. The Morgan fingerprint density at radius 2 is 1.87 bits per heavy atom. The molecule has 3 aliphatic rings. The maximum Gasteiger partial charge on any atom is 0.254 e.